The van der Waals surface area contributed by atoms with Crippen LogP contribution in [-0.4, -0.2) is 19.3 Å². The fourth-order valence-corrected chi connectivity index (χ4v) is 2.39. The van der Waals surface area contributed by atoms with Crippen molar-refractivity contribution in [1.82, 2.24) is 0 Å². The van der Waals surface area contributed by atoms with Crippen molar-refractivity contribution in [3.63, 3.8) is 0 Å². The van der Waals surface area contributed by atoms with E-state index in [0.717, 1.165) is 32.8 Å². The summed E-state index contributed by atoms with van der Waals surface area (Å²) in [5, 5.41) is 0. The minimum Gasteiger partial charge on any atom is -0.469 e. The van der Waals surface area contributed by atoms with E-state index in [1.807, 2.05) is 0 Å². The Morgan fingerprint density at radius 3 is 1.71 bits per heavy atom. The van der Waals surface area contributed by atoms with Crippen LogP contribution in [0.25, 0.3) is 0 Å². The van der Waals surface area contributed by atoms with Crippen LogP contribution in [0.5, 0.6) is 0 Å². The molecule has 21 heavy (non-hydrogen) atoms. The quantitative estimate of drug-likeness (QED) is 0.344. The van der Waals surface area contributed by atoms with Gasteiger partial charge in [-0.15, -0.1) is 0 Å². The average Bonchev–Trinajstić information content (AvgIpc) is 2.42. The second-order valence-corrected chi connectivity index (χ2v) is 5.59. The summed E-state index contributed by atoms with van der Waals surface area (Å²) in [4.78, 5) is 11.1. The van der Waals surface area contributed by atoms with Crippen LogP contribution < -0.4 is 0 Å². The highest BCUT2D eigenvalue weighted by Crippen LogP contribution is 2.31. The Morgan fingerprint density at radius 1 is 0.905 bits per heavy atom. The first-order valence-electron chi connectivity index (χ1n) is 8.08. The zero-order valence-electron chi connectivity index (χ0n) is 13.3. The molecule has 0 spiro atoms. The van der Waals surface area contributed by atoms with Crippen molar-refractivity contribution < 1.29 is 22.7 Å². The maximum absolute atomic E-state index is 12.6. The topological polar surface area (TPSA) is 26.3 Å². The van der Waals surface area contributed by atoms with Gasteiger partial charge in [0, 0.05) is 0 Å². The molecule has 0 fully saturated rings. The van der Waals surface area contributed by atoms with Crippen LogP contribution in [0.2, 0.25) is 0 Å². The predicted octanol–water partition coefficient (Wildman–Crippen LogP) is 5.65. The lowest BCUT2D eigenvalue weighted by molar-refractivity contribution is -0.197. The lowest BCUT2D eigenvalue weighted by Gasteiger charge is -2.17. The van der Waals surface area contributed by atoms with Crippen molar-refractivity contribution in [3.8, 4) is 0 Å². The molecule has 0 aliphatic rings. The first-order valence-corrected chi connectivity index (χ1v) is 8.08. The normalized spacial score (nSPS) is 13.2. The summed E-state index contributed by atoms with van der Waals surface area (Å²) >= 11 is 0. The van der Waals surface area contributed by atoms with Gasteiger partial charge in [-0.2, -0.15) is 13.2 Å². The van der Waals surface area contributed by atoms with Gasteiger partial charge in [-0.1, -0.05) is 71.1 Å². The Morgan fingerprint density at radius 2 is 1.33 bits per heavy atom. The van der Waals surface area contributed by atoms with Crippen molar-refractivity contribution in [2.75, 3.05) is 7.11 Å². The Hall–Kier alpha value is -0.740. The Balaban J connectivity index is 3.61. The fourth-order valence-electron chi connectivity index (χ4n) is 2.39. The summed E-state index contributed by atoms with van der Waals surface area (Å²) in [5.41, 5.74) is 0. The smallest absolute Gasteiger partial charge is 0.402 e. The third kappa shape index (κ3) is 10.6. The largest absolute Gasteiger partial charge is 0.469 e. The molecule has 0 unspecified atom stereocenters. The highest BCUT2D eigenvalue weighted by atomic mass is 19.4. The molecule has 0 aliphatic heterocycles. The number of halogens is 3. The van der Waals surface area contributed by atoms with Gasteiger partial charge in [-0.25, -0.2) is 0 Å². The monoisotopic (exact) mass is 310 g/mol. The van der Waals surface area contributed by atoms with Crippen molar-refractivity contribution in [3.05, 3.63) is 0 Å². The van der Waals surface area contributed by atoms with E-state index in [1.54, 1.807) is 0 Å². The van der Waals surface area contributed by atoms with E-state index in [1.165, 1.54) is 32.1 Å². The molecule has 0 aromatic carbocycles. The SMILES string of the molecule is CCCCCCCCCCCC[C@@H](C(=O)OC)C(F)(F)F. The summed E-state index contributed by atoms with van der Waals surface area (Å²) in [6.07, 6.45) is 5.96. The van der Waals surface area contributed by atoms with Gasteiger partial charge in [0.25, 0.3) is 0 Å². The number of hydrogen-bond donors (Lipinski definition) is 0. The Kier molecular flexibility index (Phi) is 11.5. The maximum atomic E-state index is 12.6. The molecule has 0 N–H and O–H groups in total. The van der Waals surface area contributed by atoms with E-state index in [2.05, 4.69) is 11.7 Å². The molecule has 0 rings (SSSR count). The van der Waals surface area contributed by atoms with Crippen molar-refractivity contribution in [2.24, 2.45) is 5.92 Å². The molecule has 0 radical (unpaired) electrons. The molecule has 0 heterocycles. The van der Waals surface area contributed by atoms with Crippen LogP contribution in [0.3, 0.4) is 0 Å². The number of carbonyl (C=O) groups excluding carboxylic acids is 1. The minimum atomic E-state index is -4.49. The number of hydrogen-bond acceptors (Lipinski definition) is 2. The molecular formula is C16H29F3O2. The number of unbranched alkanes of at least 4 members (excludes halogenated alkanes) is 9. The lowest BCUT2D eigenvalue weighted by atomic mass is 9.99. The molecule has 0 aromatic heterocycles. The van der Waals surface area contributed by atoms with Crippen molar-refractivity contribution in [1.29, 1.82) is 0 Å². The molecule has 0 aliphatic carbocycles. The molecule has 0 saturated heterocycles. The number of esters is 1. The summed E-state index contributed by atoms with van der Waals surface area (Å²) in [7, 11) is 1.000. The van der Waals surface area contributed by atoms with E-state index in [-0.39, 0.29) is 6.42 Å². The van der Waals surface area contributed by atoms with Gasteiger partial charge in [0.05, 0.1) is 7.11 Å². The van der Waals surface area contributed by atoms with Gasteiger partial charge < -0.3 is 4.74 Å². The summed E-state index contributed by atoms with van der Waals surface area (Å²) in [6.45, 7) is 2.18. The van der Waals surface area contributed by atoms with Crippen molar-refractivity contribution >= 4 is 5.97 Å². The molecule has 126 valence electrons. The van der Waals surface area contributed by atoms with Crippen molar-refractivity contribution in [2.45, 2.75) is 83.7 Å². The molecule has 5 heteroatoms. The Bertz CT molecular complexity index is 265. The fraction of sp³-hybridized carbons (Fsp3) is 0.938. The van der Waals surface area contributed by atoms with Gasteiger partial charge in [0.1, 0.15) is 0 Å². The van der Waals surface area contributed by atoms with E-state index in [9.17, 15) is 18.0 Å². The van der Waals surface area contributed by atoms with Crippen LogP contribution in [0, 0.1) is 5.92 Å². The van der Waals surface area contributed by atoms with E-state index >= 15 is 0 Å². The second kappa shape index (κ2) is 11.9. The molecule has 0 aromatic rings. The third-order valence-electron chi connectivity index (χ3n) is 3.73. The zero-order chi connectivity index (χ0) is 16.1. The third-order valence-corrected chi connectivity index (χ3v) is 3.73. The standard InChI is InChI=1S/C16H29F3O2/c1-3-4-5-6-7-8-9-10-11-12-13-14(15(20)21-2)16(17,18)19/h14H,3-13H2,1-2H3/t14-/m0/s1. The molecular weight excluding hydrogens is 281 g/mol. The van der Waals surface area contributed by atoms with Crippen LogP contribution >= 0.6 is 0 Å². The Labute approximate surface area is 126 Å². The molecule has 0 saturated carbocycles. The van der Waals surface area contributed by atoms with Gasteiger partial charge in [-0.3, -0.25) is 4.79 Å². The lowest BCUT2D eigenvalue weighted by Crippen LogP contribution is -2.31. The van der Waals surface area contributed by atoms with Gasteiger partial charge in [-0.05, 0) is 6.42 Å². The zero-order valence-corrected chi connectivity index (χ0v) is 13.3. The highest BCUT2D eigenvalue weighted by molar-refractivity contribution is 5.73. The highest BCUT2D eigenvalue weighted by Gasteiger charge is 2.44. The number of alkyl halides is 3. The summed E-state index contributed by atoms with van der Waals surface area (Å²) < 4.78 is 42.1. The second-order valence-electron chi connectivity index (χ2n) is 5.59. The number of carbonyl (C=O) groups is 1. The summed E-state index contributed by atoms with van der Waals surface area (Å²) in [5.74, 6) is -3.13. The van der Waals surface area contributed by atoms with E-state index in [0.29, 0.717) is 6.42 Å². The molecule has 0 bridgehead atoms. The van der Waals surface area contributed by atoms with Gasteiger partial charge in [0.15, 0.2) is 5.92 Å². The number of rotatable bonds is 12. The number of ether oxygens (including phenoxy) is 1. The average molecular weight is 310 g/mol. The van der Waals surface area contributed by atoms with Crippen LogP contribution in [-0.2, 0) is 9.53 Å². The van der Waals surface area contributed by atoms with E-state index < -0.39 is 18.1 Å². The molecule has 2 nitrogen and oxygen atoms in total. The number of methoxy groups -OCH3 is 1. The first-order chi connectivity index (χ1) is 9.93. The van der Waals surface area contributed by atoms with E-state index in [4.69, 9.17) is 0 Å². The van der Waals surface area contributed by atoms with Crippen LogP contribution in [0.15, 0.2) is 0 Å². The molecule has 0 amide bonds. The molecule has 1 atom stereocenters. The van der Waals surface area contributed by atoms with Crippen LogP contribution in [0.4, 0.5) is 13.2 Å². The first kappa shape index (κ1) is 20.3. The van der Waals surface area contributed by atoms with Gasteiger partial charge in [0.2, 0.25) is 0 Å². The van der Waals surface area contributed by atoms with Crippen LogP contribution in [0.1, 0.15) is 77.6 Å². The maximum Gasteiger partial charge on any atom is 0.402 e. The predicted molar refractivity (Wildman–Crippen MR) is 78.0 cm³/mol. The summed E-state index contributed by atoms with van der Waals surface area (Å²) in [6, 6.07) is 0. The van der Waals surface area contributed by atoms with Gasteiger partial charge >= 0.3 is 12.1 Å². The minimum absolute atomic E-state index is 0.160.